The van der Waals surface area contributed by atoms with Gasteiger partial charge in [-0.3, -0.25) is 9.78 Å². The van der Waals surface area contributed by atoms with Gasteiger partial charge in [0.1, 0.15) is 5.75 Å². The maximum atomic E-state index is 11.7. The van der Waals surface area contributed by atoms with E-state index in [4.69, 9.17) is 4.74 Å². The van der Waals surface area contributed by atoms with Crippen molar-refractivity contribution in [3.05, 3.63) is 64.3 Å². The van der Waals surface area contributed by atoms with Gasteiger partial charge in [0.15, 0.2) is 0 Å². The van der Waals surface area contributed by atoms with Crippen molar-refractivity contribution in [1.82, 2.24) is 10.3 Å². The van der Waals surface area contributed by atoms with Crippen LogP contribution in [0.4, 0.5) is 0 Å². The van der Waals surface area contributed by atoms with E-state index in [1.165, 1.54) is 17.3 Å². The second-order valence-corrected chi connectivity index (χ2v) is 6.32. The molecule has 0 fully saturated rings. The molecule has 25 heavy (non-hydrogen) atoms. The van der Waals surface area contributed by atoms with Crippen LogP contribution in [0.1, 0.15) is 23.7 Å². The molecule has 0 aliphatic carbocycles. The highest BCUT2D eigenvalue weighted by molar-refractivity contribution is 8.03. The van der Waals surface area contributed by atoms with Crippen molar-refractivity contribution in [3.8, 4) is 5.75 Å². The van der Waals surface area contributed by atoms with Gasteiger partial charge in [-0.25, -0.2) is 0 Å². The Kier molecular flexibility index (Phi) is 7.54. The third-order valence-corrected chi connectivity index (χ3v) is 4.51. The van der Waals surface area contributed by atoms with E-state index in [-0.39, 0.29) is 5.91 Å². The number of nitrogens with zero attached hydrogens (tertiary/aromatic N) is 1. The van der Waals surface area contributed by atoms with Crippen molar-refractivity contribution >= 4 is 23.7 Å². The van der Waals surface area contributed by atoms with Crippen LogP contribution in [0.5, 0.6) is 5.75 Å². The van der Waals surface area contributed by atoms with Crippen LogP contribution in [0.15, 0.2) is 47.5 Å². The zero-order valence-electron chi connectivity index (χ0n) is 14.9. The summed E-state index contributed by atoms with van der Waals surface area (Å²) in [5.41, 5.74) is 3.25. The quantitative estimate of drug-likeness (QED) is 0.733. The van der Waals surface area contributed by atoms with Crippen LogP contribution in [0.3, 0.4) is 0 Å². The number of nitrogens with one attached hydrogen (secondary N) is 1. The molecule has 4 nitrogen and oxygen atoms in total. The molecular formula is C20H24N2O2S. The average Bonchev–Trinajstić information content (AvgIpc) is 2.67. The third kappa shape index (κ3) is 5.94. The highest BCUT2D eigenvalue weighted by Gasteiger charge is 2.05. The lowest BCUT2D eigenvalue weighted by Gasteiger charge is -2.07. The highest BCUT2D eigenvalue weighted by atomic mass is 32.2. The van der Waals surface area contributed by atoms with Crippen LogP contribution in [-0.2, 0) is 17.6 Å². The predicted octanol–water partition coefficient (Wildman–Crippen LogP) is 3.72. The molecule has 2 rings (SSSR count). The lowest BCUT2D eigenvalue weighted by molar-refractivity contribution is -0.116. The molecule has 0 radical (unpaired) electrons. The number of aryl methyl sites for hydroxylation is 1. The van der Waals surface area contributed by atoms with E-state index in [9.17, 15) is 4.79 Å². The van der Waals surface area contributed by atoms with Gasteiger partial charge in [-0.05, 0) is 48.1 Å². The standard InChI is InChI=1S/C20H24N2O2S/c1-4-15-5-8-17(22-14-15)11-12-24-18-9-6-16(7-10-18)13-19(25-3)20(23)21-2/h5-10,13-14H,4,11-12H2,1-3H3,(H,21,23)/b19-13-. The first-order valence-electron chi connectivity index (χ1n) is 8.30. The van der Waals surface area contributed by atoms with E-state index < -0.39 is 0 Å². The van der Waals surface area contributed by atoms with Crippen molar-refractivity contribution < 1.29 is 9.53 Å². The van der Waals surface area contributed by atoms with Gasteiger partial charge < -0.3 is 10.1 Å². The largest absolute Gasteiger partial charge is 0.493 e. The number of likely N-dealkylation sites (N-methyl/N-ethyl adjacent to an activating group) is 1. The number of aromatic nitrogens is 1. The molecule has 0 saturated carbocycles. The lowest BCUT2D eigenvalue weighted by Crippen LogP contribution is -2.18. The summed E-state index contributed by atoms with van der Waals surface area (Å²) in [7, 11) is 1.63. The zero-order valence-corrected chi connectivity index (χ0v) is 15.7. The van der Waals surface area contributed by atoms with Crippen LogP contribution in [-0.4, -0.2) is 30.8 Å². The first-order valence-corrected chi connectivity index (χ1v) is 9.53. The van der Waals surface area contributed by atoms with Gasteiger partial charge >= 0.3 is 0 Å². The Labute approximate surface area is 153 Å². The molecule has 0 atom stereocenters. The molecule has 2 aromatic rings. The number of ether oxygens (including phenoxy) is 1. The second kappa shape index (κ2) is 9.89. The average molecular weight is 356 g/mol. The molecule has 132 valence electrons. The number of rotatable bonds is 8. The molecule has 1 N–H and O–H groups in total. The van der Waals surface area contributed by atoms with Crippen LogP contribution in [0, 0.1) is 0 Å². The summed E-state index contributed by atoms with van der Waals surface area (Å²) >= 11 is 1.43. The minimum atomic E-state index is -0.0746. The molecule has 0 bridgehead atoms. The Morgan fingerprint density at radius 2 is 2.00 bits per heavy atom. The van der Waals surface area contributed by atoms with E-state index in [1.54, 1.807) is 7.05 Å². The van der Waals surface area contributed by atoms with E-state index in [0.717, 1.165) is 29.8 Å². The van der Waals surface area contributed by atoms with Crippen molar-refractivity contribution in [2.75, 3.05) is 19.9 Å². The minimum Gasteiger partial charge on any atom is -0.493 e. The van der Waals surface area contributed by atoms with Gasteiger partial charge in [0.05, 0.1) is 11.5 Å². The summed E-state index contributed by atoms with van der Waals surface area (Å²) in [5.74, 6) is 0.738. The van der Waals surface area contributed by atoms with Crippen molar-refractivity contribution in [2.24, 2.45) is 0 Å². The summed E-state index contributed by atoms with van der Waals surface area (Å²) in [5, 5.41) is 2.64. The summed E-state index contributed by atoms with van der Waals surface area (Å²) in [4.78, 5) is 16.8. The van der Waals surface area contributed by atoms with Crippen LogP contribution in [0.25, 0.3) is 6.08 Å². The van der Waals surface area contributed by atoms with Crippen molar-refractivity contribution in [2.45, 2.75) is 19.8 Å². The predicted molar refractivity (Wildman–Crippen MR) is 105 cm³/mol. The molecule has 0 aliphatic rings. The fraction of sp³-hybridized carbons (Fsp3) is 0.300. The van der Waals surface area contributed by atoms with Gasteiger partial charge in [-0.15, -0.1) is 11.8 Å². The molecule has 5 heteroatoms. The van der Waals surface area contributed by atoms with Crippen LogP contribution >= 0.6 is 11.8 Å². The van der Waals surface area contributed by atoms with Gasteiger partial charge in [0.25, 0.3) is 5.91 Å². The van der Waals surface area contributed by atoms with Gasteiger partial charge in [0.2, 0.25) is 0 Å². The first kappa shape index (κ1) is 19.1. The Morgan fingerprint density at radius 1 is 1.24 bits per heavy atom. The molecule has 1 aromatic carbocycles. The molecule has 0 saturated heterocycles. The minimum absolute atomic E-state index is 0.0746. The Morgan fingerprint density at radius 3 is 2.56 bits per heavy atom. The van der Waals surface area contributed by atoms with Crippen molar-refractivity contribution in [1.29, 1.82) is 0 Å². The van der Waals surface area contributed by atoms with Gasteiger partial charge in [-0.1, -0.05) is 25.1 Å². The monoisotopic (exact) mass is 356 g/mol. The normalized spacial score (nSPS) is 11.2. The number of amides is 1. The topological polar surface area (TPSA) is 51.2 Å². The summed E-state index contributed by atoms with van der Waals surface area (Å²) < 4.78 is 5.78. The smallest absolute Gasteiger partial charge is 0.257 e. The molecule has 0 unspecified atom stereocenters. The fourth-order valence-electron chi connectivity index (χ4n) is 2.24. The number of carbonyl (C=O) groups is 1. The molecule has 1 aromatic heterocycles. The summed E-state index contributed by atoms with van der Waals surface area (Å²) in [6.45, 7) is 2.71. The van der Waals surface area contributed by atoms with E-state index in [2.05, 4.69) is 29.4 Å². The lowest BCUT2D eigenvalue weighted by atomic mass is 10.2. The van der Waals surface area contributed by atoms with E-state index in [1.807, 2.05) is 42.8 Å². The zero-order chi connectivity index (χ0) is 18.1. The molecule has 0 spiro atoms. The Bertz CT molecular complexity index is 709. The summed E-state index contributed by atoms with van der Waals surface area (Å²) in [6, 6.07) is 11.9. The number of pyridine rings is 1. The maximum absolute atomic E-state index is 11.7. The van der Waals surface area contributed by atoms with E-state index >= 15 is 0 Å². The Balaban J connectivity index is 1.89. The second-order valence-electron chi connectivity index (χ2n) is 5.47. The SMILES string of the molecule is CCc1ccc(CCOc2ccc(/C=C(\SC)C(=O)NC)cc2)nc1. The number of thioether (sulfide) groups is 1. The number of hydrogen-bond donors (Lipinski definition) is 1. The first-order chi connectivity index (χ1) is 12.2. The van der Waals surface area contributed by atoms with Crippen molar-refractivity contribution in [3.63, 3.8) is 0 Å². The highest BCUT2D eigenvalue weighted by Crippen LogP contribution is 2.19. The fourth-order valence-corrected chi connectivity index (χ4v) is 2.78. The van der Waals surface area contributed by atoms with Crippen LogP contribution in [0.2, 0.25) is 0 Å². The number of benzene rings is 1. The van der Waals surface area contributed by atoms with Crippen LogP contribution < -0.4 is 10.1 Å². The number of hydrogen-bond acceptors (Lipinski definition) is 4. The maximum Gasteiger partial charge on any atom is 0.257 e. The molecule has 1 amide bonds. The molecular weight excluding hydrogens is 332 g/mol. The van der Waals surface area contributed by atoms with E-state index in [0.29, 0.717) is 11.5 Å². The van der Waals surface area contributed by atoms with Gasteiger partial charge in [0, 0.05) is 25.4 Å². The van der Waals surface area contributed by atoms with Gasteiger partial charge in [-0.2, -0.15) is 0 Å². The molecule has 0 aliphatic heterocycles. The Hall–Kier alpha value is -2.27. The molecule has 1 heterocycles. The third-order valence-electron chi connectivity index (χ3n) is 3.77. The summed E-state index contributed by atoms with van der Waals surface area (Å²) in [6.07, 6.45) is 7.46. The number of carbonyl (C=O) groups excluding carboxylic acids is 1.